The van der Waals surface area contributed by atoms with Gasteiger partial charge in [0.1, 0.15) is 5.82 Å². The molecule has 332 valence electrons. The van der Waals surface area contributed by atoms with Crippen LogP contribution in [-0.4, -0.2) is 9.55 Å². The van der Waals surface area contributed by atoms with Crippen LogP contribution >= 0.6 is 0 Å². The van der Waals surface area contributed by atoms with Crippen molar-refractivity contribution in [3.63, 3.8) is 0 Å². The minimum absolute atomic E-state index is 0. The maximum atomic E-state index is 6.84. The Balaban J connectivity index is 0.00000612. The molecule has 8 aromatic rings. The van der Waals surface area contributed by atoms with Crippen LogP contribution in [0.25, 0.3) is 38.8 Å². The number of pyridine rings is 1. The third kappa shape index (κ3) is 9.57. The number of aromatic nitrogens is 2. The van der Waals surface area contributed by atoms with E-state index in [0.717, 1.165) is 67.1 Å². The first-order valence-corrected chi connectivity index (χ1v) is 22.1. The molecule has 0 saturated heterocycles. The van der Waals surface area contributed by atoms with Crippen LogP contribution in [0.1, 0.15) is 105 Å². The largest absolute Gasteiger partial charge is 0.515 e. The van der Waals surface area contributed by atoms with E-state index in [-0.39, 0.29) is 42.7 Å². The van der Waals surface area contributed by atoms with Crippen LogP contribution in [0, 0.1) is 19.2 Å². The van der Waals surface area contributed by atoms with Crippen LogP contribution in [0.15, 0.2) is 134 Å². The molecule has 0 amide bonds. The fourth-order valence-electron chi connectivity index (χ4n) is 8.07. The van der Waals surface area contributed by atoms with Crippen LogP contribution in [-0.2, 0) is 42.7 Å². The maximum Gasteiger partial charge on any atom is 0.135 e. The second-order valence-corrected chi connectivity index (χ2v) is 21.0. The van der Waals surface area contributed by atoms with E-state index in [1.807, 2.05) is 17.2 Å². The molecule has 0 aliphatic carbocycles. The van der Waals surface area contributed by atoms with Crippen molar-refractivity contribution < 1.29 is 25.8 Å². The molecule has 0 aliphatic heterocycles. The van der Waals surface area contributed by atoms with Crippen LogP contribution in [0.3, 0.4) is 0 Å². The van der Waals surface area contributed by atoms with Gasteiger partial charge in [0, 0.05) is 61.2 Å². The molecule has 0 spiro atoms. The standard InChI is InChI=1S/C58H61N4O.Pt/c1-55(2,3)39-21-17-22-43(31-39)60-54-47(38-19-15-14-16-20-38)23-18-24-50(54)61(13)44-32-42(58(10,11)12)33-46(36-44)63-45-26-28-49-48-27-25-40(56(4,5)6)34-51(48)62(52(49)37-45)53-35-41(29-30-59-53)57(7,8)9;/h14-35,60H,13H2,1-12H3;/q-3;. The molecule has 6 aromatic carbocycles. The number of nitrogens with one attached hydrogen (secondary N) is 1. The van der Waals surface area contributed by atoms with Gasteiger partial charge >= 0.3 is 0 Å². The van der Waals surface area contributed by atoms with E-state index in [9.17, 15) is 0 Å². The maximum absolute atomic E-state index is 6.84. The van der Waals surface area contributed by atoms with Gasteiger partial charge in [0.15, 0.2) is 0 Å². The van der Waals surface area contributed by atoms with Gasteiger partial charge in [0.2, 0.25) is 0 Å². The number of hydrogen-bond acceptors (Lipinski definition) is 4. The van der Waals surface area contributed by atoms with Crippen molar-refractivity contribution in [2.24, 2.45) is 0 Å². The number of para-hydroxylation sites is 1. The van der Waals surface area contributed by atoms with Crippen LogP contribution < -0.4 is 15.0 Å². The molecule has 1 N–H and O–H groups in total. The number of anilines is 4. The summed E-state index contributed by atoms with van der Waals surface area (Å²) in [6, 6.07) is 52.4. The number of rotatable bonds is 8. The third-order valence-electron chi connectivity index (χ3n) is 12.0. The summed E-state index contributed by atoms with van der Waals surface area (Å²) >= 11 is 0. The Morgan fingerprint density at radius 3 is 1.91 bits per heavy atom. The Hall–Kier alpha value is -5.64. The van der Waals surface area contributed by atoms with E-state index < -0.39 is 0 Å². The first-order chi connectivity index (χ1) is 29.6. The molecular weight excluding hydrogens is 964 g/mol. The molecule has 64 heavy (non-hydrogen) atoms. The average Bonchev–Trinajstić information content (AvgIpc) is 3.55. The summed E-state index contributed by atoms with van der Waals surface area (Å²) in [4.78, 5) is 6.92. The molecule has 0 atom stereocenters. The van der Waals surface area contributed by atoms with E-state index in [1.54, 1.807) is 0 Å². The monoisotopic (exact) mass is 1020 g/mol. The Kier molecular flexibility index (Phi) is 12.6. The average molecular weight is 1030 g/mol. The zero-order chi connectivity index (χ0) is 45.1. The van der Waals surface area contributed by atoms with Gasteiger partial charge in [-0.05, 0) is 85.7 Å². The van der Waals surface area contributed by atoms with Gasteiger partial charge in [-0.2, -0.15) is 6.07 Å². The number of benzene rings is 6. The molecule has 0 unspecified atom stereocenters. The molecule has 0 radical (unpaired) electrons. The number of hydrogen-bond donors (Lipinski definition) is 1. The van der Waals surface area contributed by atoms with Crippen molar-refractivity contribution in [1.29, 1.82) is 0 Å². The Morgan fingerprint density at radius 1 is 0.578 bits per heavy atom. The van der Waals surface area contributed by atoms with Gasteiger partial charge in [-0.15, -0.1) is 47.0 Å². The molecule has 2 heterocycles. The topological polar surface area (TPSA) is 42.3 Å². The minimum Gasteiger partial charge on any atom is -0.515 e. The van der Waals surface area contributed by atoms with E-state index in [4.69, 9.17) is 16.8 Å². The molecule has 0 bridgehead atoms. The van der Waals surface area contributed by atoms with Gasteiger partial charge in [0.05, 0.1) is 5.69 Å². The molecule has 0 aliphatic rings. The summed E-state index contributed by atoms with van der Waals surface area (Å²) in [5.41, 5.74) is 12.4. The normalized spacial score (nSPS) is 12.3. The summed E-state index contributed by atoms with van der Waals surface area (Å²) in [5, 5.41) is 6.07. The summed E-state index contributed by atoms with van der Waals surface area (Å²) < 4.78 is 9.08. The SMILES string of the molecule is [CH2-]N(c1[c-]c(Oc2[c-]c3c(cc2)c2ccc(C(C)(C)C)cc2n3-c2cc(C(C)(C)C)ccn2)cc(C(C)(C)C)c1)c1cccc(-c2ccccc2)c1Nc1cccc(C(C)(C)C)c1.[Pt]. The summed E-state index contributed by atoms with van der Waals surface area (Å²) in [7, 11) is 4.69. The van der Waals surface area contributed by atoms with Crippen LogP contribution in [0.2, 0.25) is 0 Å². The molecule has 6 heteroatoms. The van der Waals surface area contributed by atoms with Gasteiger partial charge in [-0.1, -0.05) is 155 Å². The minimum atomic E-state index is -0.197. The molecular formula is C58H61N4OPt-3. The predicted molar refractivity (Wildman–Crippen MR) is 267 cm³/mol. The van der Waals surface area contributed by atoms with Gasteiger partial charge in [-0.25, -0.2) is 4.98 Å². The van der Waals surface area contributed by atoms with E-state index >= 15 is 0 Å². The van der Waals surface area contributed by atoms with Gasteiger partial charge in [-0.3, -0.25) is 7.05 Å². The summed E-state index contributed by atoms with van der Waals surface area (Å²) in [6.45, 7) is 26.9. The summed E-state index contributed by atoms with van der Waals surface area (Å²) in [6.07, 6.45) is 1.92. The van der Waals surface area contributed by atoms with E-state index in [0.29, 0.717) is 11.5 Å². The number of fused-ring (bicyclic) bond motifs is 3. The molecule has 8 rings (SSSR count). The fraction of sp³-hybridized carbons (Fsp3) is 0.276. The third-order valence-corrected chi connectivity index (χ3v) is 12.0. The Labute approximate surface area is 396 Å². The first kappa shape index (κ1) is 46.4. The zero-order valence-corrected chi connectivity index (χ0v) is 41.7. The quantitative estimate of drug-likeness (QED) is 0.154. The second-order valence-electron chi connectivity index (χ2n) is 21.0. The predicted octanol–water partition coefficient (Wildman–Crippen LogP) is 16.1. The van der Waals surface area contributed by atoms with Gasteiger partial charge < -0.3 is 19.5 Å². The second kappa shape index (κ2) is 17.4. The van der Waals surface area contributed by atoms with Crippen molar-refractivity contribution in [2.75, 3.05) is 10.2 Å². The number of ether oxygens (including phenoxy) is 1. The Bertz CT molecular complexity index is 2950. The summed E-state index contributed by atoms with van der Waals surface area (Å²) in [5.74, 6) is 2.02. The van der Waals surface area contributed by atoms with E-state index in [1.165, 1.54) is 16.7 Å². The molecule has 0 fully saturated rings. The van der Waals surface area contributed by atoms with Crippen LogP contribution in [0.4, 0.5) is 22.7 Å². The van der Waals surface area contributed by atoms with Crippen molar-refractivity contribution in [3.8, 4) is 28.4 Å². The molecule has 0 saturated carbocycles. The van der Waals surface area contributed by atoms with Crippen LogP contribution in [0.5, 0.6) is 11.5 Å². The molecule has 5 nitrogen and oxygen atoms in total. The fourth-order valence-corrected chi connectivity index (χ4v) is 8.07. The van der Waals surface area contributed by atoms with Crippen molar-refractivity contribution in [3.05, 3.63) is 175 Å². The van der Waals surface area contributed by atoms with Crippen molar-refractivity contribution in [1.82, 2.24) is 9.55 Å². The smallest absolute Gasteiger partial charge is 0.135 e. The number of nitrogens with zero attached hydrogens (tertiary/aromatic N) is 3. The molecule has 2 aromatic heterocycles. The Morgan fingerprint density at radius 2 is 1.22 bits per heavy atom. The van der Waals surface area contributed by atoms with Crippen molar-refractivity contribution in [2.45, 2.75) is 105 Å². The first-order valence-electron chi connectivity index (χ1n) is 22.1. The van der Waals surface area contributed by atoms with Gasteiger partial charge in [0.25, 0.3) is 0 Å². The zero-order valence-electron chi connectivity index (χ0n) is 39.5. The van der Waals surface area contributed by atoms with E-state index in [2.05, 4.69) is 226 Å². The van der Waals surface area contributed by atoms with Crippen molar-refractivity contribution >= 4 is 44.6 Å².